The van der Waals surface area contributed by atoms with Crippen LogP contribution in [0.4, 0.5) is 9.18 Å². The van der Waals surface area contributed by atoms with Crippen molar-refractivity contribution >= 4 is 12.0 Å². The minimum atomic E-state index is -0.703. The molecule has 7 nitrogen and oxygen atoms in total. The van der Waals surface area contributed by atoms with E-state index in [4.69, 9.17) is 14.6 Å². The number of rotatable bonds is 7. The van der Waals surface area contributed by atoms with Crippen molar-refractivity contribution in [1.82, 2.24) is 10.2 Å². The van der Waals surface area contributed by atoms with E-state index in [9.17, 15) is 9.59 Å². The Balaban J connectivity index is 1.47. The lowest BCUT2D eigenvalue weighted by Crippen LogP contribution is -2.42. The number of aliphatic hydroxyl groups is 1. The van der Waals surface area contributed by atoms with Crippen molar-refractivity contribution in [3.05, 3.63) is 35.4 Å². The molecule has 1 fully saturated rings. The summed E-state index contributed by atoms with van der Waals surface area (Å²) in [7, 11) is 0. The van der Waals surface area contributed by atoms with E-state index >= 15 is 4.39 Å². The number of likely N-dealkylation sites (tertiary alicyclic amines) is 1. The van der Waals surface area contributed by atoms with Crippen LogP contribution < -0.4 is 5.32 Å². The summed E-state index contributed by atoms with van der Waals surface area (Å²) in [5.41, 5.74) is -0.176. The molecule has 202 valence electrons. The van der Waals surface area contributed by atoms with Gasteiger partial charge in [0.1, 0.15) is 17.2 Å². The van der Waals surface area contributed by atoms with Crippen LogP contribution in [0.5, 0.6) is 0 Å². The molecule has 2 N–H and O–H groups in total. The van der Waals surface area contributed by atoms with Gasteiger partial charge in [0.15, 0.2) is 0 Å². The molecule has 36 heavy (non-hydrogen) atoms. The van der Waals surface area contributed by atoms with Gasteiger partial charge < -0.3 is 24.8 Å². The third-order valence-electron chi connectivity index (χ3n) is 7.41. The number of hydrogen-bond acceptors (Lipinski definition) is 5. The van der Waals surface area contributed by atoms with Gasteiger partial charge in [0, 0.05) is 36.5 Å². The molecular formula is C28H43FN2O5. The van der Waals surface area contributed by atoms with Gasteiger partial charge in [0.25, 0.3) is 0 Å². The Hall–Kier alpha value is -2.35. The summed E-state index contributed by atoms with van der Waals surface area (Å²) in [6, 6.07) is -0.264. The van der Waals surface area contributed by atoms with Crippen molar-refractivity contribution in [2.45, 2.75) is 84.8 Å². The van der Waals surface area contributed by atoms with Crippen molar-refractivity contribution in [1.29, 1.82) is 0 Å². The second kappa shape index (κ2) is 11.8. The highest BCUT2D eigenvalue weighted by Crippen LogP contribution is 2.47. The maximum Gasteiger partial charge on any atom is 0.410 e. The molecule has 1 heterocycles. The summed E-state index contributed by atoms with van der Waals surface area (Å²) in [6.07, 6.45) is 9.31. The highest BCUT2D eigenvalue weighted by Gasteiger charge is 2.38. The molecule has 2 amide bonds. The number of allylic oxidation sites excluding steroid dienone is 5. The Labute approximate surface area is 214 Å². The number of nitrogens with one attached hydrogen (secondary N) is 1. The van der Waals surface area contributed by atoms with Gasteiger partial charge in [0.05, 0.1) is 13.2 Å². The molecule has 3 aliphatic rings. The first kappa shape index (κ1) is 28.2. The minimum Gasteiger partial charge on any atom is -0.494 e. The molecule has 0 aromatic carbocycles. The number of nitrogens with zero attached hydrogens (tertiary/aromatic N) is 1. The van der Waals surface area contributed by atoms with E-state index in [-0.39, 0.29) is 36.4 Å². The Kier molecular flexibility index (Phi) is 9.25. The second-order valence-electron chi connectivity index (χ2n) is 11.6. The number of carbonyl (C=O) groups excluding carboxylic acids is 2. The molecule has 1 aliphatic heterocycles. The monoisotopic (exact) mass is 506 g/mol. The number of aliphatic hydroxyl groups excluding tert-OH is 1. The SMILES string of the molecule is C[C@@H](CO)NC(=O)C1CC=C(C2(C)CC=C(OCC3CCN(C(=O)OC(C)(C)C)CC3)C=C2F)CC1. The Morgan fingerprint density at radius 1 is 1.25 bits per heavy atom. The Bertz CT molecular complexity index is 898. The van der Waals surface area contributed by atoms with E-state index in [1.54, 1.807) is 11.8 Å². The zero-order valence-corrected chi connectivity index (χ0v) is 22.4. The van der Waals surface area contributed by atoms with Crippen LogP contribution in [0.1, 0.15) is 73.1 Å². The van der Waals surface area contributed by atoms with Gasteiger partial charge in [-0.05, 0) is 85.1 Å². The lowest BCUT2D eigenvalue weighted by Gasteiger charge is -2.36. The predicted octanol–water partition coefficient (Wildman–Crippen LogP) is 5.02. The predicted molar refractivity (Wildman–Crippen MR) is 137 cm³/mol. The largest absolute Gasteiger partial charge is 0.494 e. The molecule has 0 aromatic rings. The van der Waals surface area contributed by atoms with Crippen LogP contribution in [0.25, 0.3) is 0 Å². The molecule has 0 radical (unpaired) electrons. The fraction of sp³-hybridized carbons (Fsp3) is 0.714. The average Bonchev–Trinajstić information content (AvgIpc) is 2.84. The van der Waals surface area contributed by atoms with Crippen LogP contribution in [0, 0.1) is 17.3 Å². The van der Waals surface area contributed by atoms with Gasteiger partial charge in [-0.25, -0.2) is 9.18 Å². The number of ether oxygens (including phenoxy) is 2. The zero-order chi connectivity index (χ0) is 26.5. The van der Waals surface area contributed by atoms with Gasteiger partial charge >= 0.3 is 6.09 Å². The lowest BCUT2D eigenvalue weighted by atomic mass is 9.70. The van der Waals surface area contributed by atoms with Crippen LogP contribution in [-0.4, -0.2) is 60.0 Å². The molecule has 8 heteroatoms. The molecular weight excluding hydrogens is 463 g/mol. The lowest BCUT2D eigenvalue weighted by molar-refractivity contribution is -0.126. The summed E-state index contributed by atoms with van der Waals surface area (Å²) in [4.78, 5) is 26.3. The zero-order valence-electron chi connectivity index (χ0n) is 22.4. The first-order chi connectivity index (χ1) is 16.9. The Morgan fingerprint density at radius 3 is 2.50 bits per heavy atom. The van der Waals surface area contributed by atoms with Crippen LogP contribution in [0.15, 0.2) is 35.4 Å². The number of hydrogen-bond donors (Lipinski definition) is 2. The van der Waals surface area contributed by atoms with Crippen molar-refractivity contribution in [2.24, 2.45) is 17.3 Å². The number of carbonyl (C=O) groups is 2. The van der Waals surface area contributed by atoms with E-state index in [0.29, 0.717) is 57.1 Å². The van der Waals surface area contributed by atoms with Gasteiger partial charge in [-0.3, -0.25) is 4.79 Å². The third kappa shape index (κ3) is 7.34. The summed E-state index contributed by atoms with van der Waals surface area (Å²) in [5.74, 6) is 0.475. The fourth-order valence-corrected chi connectivity index (χ4v) is 4.93. The van der Waals surface area contributed by atoms with E-state index in [1.165, 1.54) is 6.08 Å². The number of halogens is 1. The average molecular weight is 507 g/mol. The smallest absolute Gasteiger partial charge is 0.410 e. The van der Waals surface area contributed by atoms with Crippen molar-refractivity contribution in [2.75, 3.05) is 26.3 Å². The summed E-state index contributed by atoms with van der Waals surface area (Å²) < 4.78 is 26.7. The highest BCUT2D eigenvalue weighted by molar-refractivity contribution is 5.79. The molecule has 3 rings (SSSR count). The summed E-state index contributed by atoms with van der Waals surface area (Å²) in [6.45, 7) is 11.0. The molecule has 0 bridgehead atoms. The number of amides is 2. The van der Waals surface area contributed by atoms with Crippen LogP contribution >= 0.6 is 0 Å². The normalized spacial score (nSPS) is 26.4. The molecule has 1 saturated heterocycles. The minimum absolute atomic E-state index is 0.0517. The van der Waals surface area contributed by atoms with Gasteiger partial charge in [-0.2, -0.15) is 0 Å². The standard InChI is InChI=1S/C28H43FN2O5/c1-19(17-32)30-25(33)21-6-8-22(9-7-21)28(5)13-10-23(16-24(28)29)35-18-20-11-14-31(15-12-20)26(34)36-27(2,3)4/h8,10,16,19-21,32H,6-7,9,11-15,17-18H2,1-5H3,(H,30,33)/t19-,21?,28?/m0/s1. The molecule has 3 atom stereocenters. The van der Waals surface area contributed by atoms with Crippen LogP contribution in [0.2, 0.25) is 0 Å². The topological polar surface area (TPSA) is 88.1 Å². The van der Waals surface area contributed by atoms with Crippen molar-refractivity contribution in [3.63, 3.8) is 0 Å². The molecule has 0 spiro atoms. The summed E-state index contributed by atoms with van der Waals surface area (Å²) in [5, 5.41) is 12.0. The Morgan fingerprint density at radius 2 is 1.94 bits per heavy atom. The molecule has 2 unspecified atom stereocenters. The van der Waals surface area contributed by atoms with E-state index in [2.05, 4.69) is 5.32 Å². The number of piperidine rings is 1. The fourth-order valence-electron chi connectivity index (χ4n) is 4.93. The second-order valence-corrected chi connectivity index (χ2v) is 11.6. The van der Waals surface area contributed by atoms with Gasteiger partial charge in [-0.15, -0.1) is 0 Å². The summed E-state index contributed by atoms with van der Waals surface area (Å²) >= 11 is 0. The van der Waals surface area contributed by atoms with E-state index in [0.717, 1.165) is 18.4 Å². The molecule has 0 saturated carbocycles. The van der Waals surface area contributed by atoms with Crippen molar-refractivity contribution in [3.8, 4) is 0 Å². The van der Waals surface area contributed by atoms with Crippen molar-refractivity contribution < 1.29 is 28.6 Å². The van der Waals surface area contributed by atoms with Gasteiger partial charge in [0.2, 0.25) is 5.91 Å². The first-order valence-electron chi connectivity index (χ1n) is 13.2. The van der Waals surface area contributed by atoms with E-state index < -0.39 is 11.0 Å². The highest BCUT2D eigenvalue weighted by atomic mass is 19.1. The van der Waals surface area contributed by atoms with E-state index in [1.807, 2.05) is 39.8 Å². The maximum atomic E-state index is 15.3. The quantitative estimate of drug-likeness (QED) is 0.474. The molecule has 2 aliphatic carbocycles. The molecule has 0 aromatic heterocycles. The van der Waals surface area contributed by atoms with Gasteiger partial charge in [-0.1, -0.05) is 11.6 Å². The van der Waals surface area contributed by atoms with Crippen LogP contribution in [-0.2, 0) is 14.3 Å². The maximum absolute atomic E-state index is 15.3. The third-order valence-corrected chi connectivity index (χ3v) is 7.41. The van der Waals surface area contributed by atoms with Crippen LogP contribution in [0.3, 0.4) is 0 Å². The first-order valence-corrected chi connectivity index (χ1v) is 13.2.